The van der Waals surface area contributed by atoms with Crippen LogP contribution < -0.4 is 10.6 Å². The van der Waals surface area contributed by atoms with E-state index in [-0.39, 0.29) is 5.69 Å². The second-order valence-corrected chi connectivity index (χ2v) is 4.05. The lowest BCUT2D eigenvalue weighted by Gasteiger charge is -2.29. The maximum Gasteiger partial charge on any atom is 0.149 e. The topological polar surface area (TPSA) is 38.5 Å². The van der Waals surface area contributed by atoms with Crippen molar-refractivity contribution in [3.05, 3.63) is 29.3 Å². The molecule has 1 heterocycles. The SMILES string of the molecule is NCCc1cc(F)c(N2CCOCC2)c(F)c1. The van der Waals surface area contributed by atoms with Crippen LogP contribution in [0.4, 0.5) is 14.5 Å². The lowest BCUT2D eigenvalue weighted by molar-refractivity contribution is 0.122. The Morgan fingerprint density at radius 1 is 1.18 bits per heavy atom. The van der Waals surface area contributed by atoms with E-state index in [0.717, 1.165) is 0 Å². The summed E-state index contributed by atoms with van der Waals surface area (Å²) in [6.07, 6.45) is 0.483. The summed E-state index contributed by atoms with van der Waals surface area (Å²) < 4.78 is 32.9. The molecule has 1 aromatic carbocycles. The number of halogens is 2. The largest absolute Gasteiger partial charge is 0.378 e. The molecule has 0 amide bonds. The number of anilines is 1. The molecule has 0 atom stereocenters. The van der Waals surface area contributed by atoms with E-state index in [4.69, 9.17) is 10.5 Å². The smallest absolute Gasteiger partial charge is 0.149 e. The van der Waals surface area contributed by atoms with Gasteiger partial charge in [-0.1, -0.05) is 0 Å². The highest BCUT2D eigenvalue weighted by molar-refractivity contribution is 5.51. The van der Waals surface area contributed by atoms with Crippen molar-refractivity contribution in [2.24, 2.45) is 5.73 Å². The van der Waals surface area contributed by atoms with E-state index in [2.05, 4.69) is 0 Å². The second-order valence-electron chi connectivity index (χ2n) is 4.05. The molecule has 0 radical (unpaired) electrons. The minimum atomic E-state index is -0.518. The Kier molecular flexibility index (Phi) is 3.91. The van der Waals surface area contributed by atoms with Gasteiger partial charge in [0.15, 0.2) is 0 Å². The van der Waals surface area contributed by atoms with E-state index in [1.54, 1.807) is 4.90 Å². The molecule has 0 spiro atoms. The molecular formula is C12H16F2N2O. The number of hydrogen-bond acceptors (Lipinski definition) is 3. The van der Waals surface area contributed by atoms with Crippen LogP contribution in [0, 0.1) is 11.6 Å². The van der Waals surface area contributed by atoms with Crippen LogP contribution in [0.3, 0.4) is 0 Å². The first kappa shape index (κ1) is 12.3. The van der Waals surface area contributed by atoms with Crippen molar-refractivity contribution in [2.75, 3.05) is 37.7 Å². The van der Waals surface area contributed by atoms with Crippen molar-refractivity contribution in [3.63, 3.8) is 0 Å². The van der Waals surface area contributed by atoms with Gasteiger partial charge < -0.3 is 15.4 Å². The molecule has 1 aliphatic heterocycles. The van der Waals surface area contributed by atoms with Crippen LogP contribution in [0.1, 0.15) is 5.56 Å². The lowest BCUT2D eigenvalue weighted by atomic mass is 10.1. The van der Waals surface area contributed by atoms with Gasteiger partial charge in [0.05, 0.1) is 13.2 Å². The van der Waals surface area contributed by atoms with Gasteiger partial charge in [0.2, 0.25) is 0 Å². The van der Waals surface area contributed by atoms with Gasteiger partial charge in [0.1, 0.15) is 17.3 Å². The standard InChI is InChI=1S/C12H16F2N2O/c13-10-7-9(1-2-15)8-11(14)12(10)16-3-5-17-6-4-16/h7-8H,1-6,15H2. The van der Waals surface area contributed by atoms with Gasteiger partial charge in [0.25, 0.3) is 0 Å². The highest BCUT2D eigenvalue weighted by Crippen LogP contribution is 2.25. The molecule has 3 nitrogen and oxygen atoms in total. The molecule has 0 bridgehead atoms. The molecule has 5 heteroatoms. The summed E-state index contributed by atoms with van der Waals surface area (Å²) in [6, 6.07) is 2.72. The zero-order chi connectivity index (χ0) is 12.3. The molecule has 0 aliphatic carbocycles. The third-order valence-electron chi connectivity index (χ3n) is 2.84. The fourth-order valence-corrected chi connectivity index (χ4v) is 2.02. The fraction of sp³-hybridized carbons (Fsp3) is 0.500. The highest BCUT2D eigenvalue weighted by atomic mass is 19.1. The van der Waals surface area contributed by atoms with Gasteiger partial charge in [-0.15, -0.1) is 0 Å². The summed E-state index contributed by atoms with van der Waals surface area (Å²) in [4.78, 5) is 1.68. The van der Waals surface area contributed by atoms with Crippen molar-refractivity contribution < 1.29 is 13.5 Å². The first-order chi connectivity index (χ1) is 8.22. The van der Waals surface area contributed by atoms with E-state index in [9.17, 15) is 8.78 Å². The van der Waals surface area contributed by atoms with Crippen molar-refractivity contribution in [1.29, 1.82) is 0 Å². The Hall–Kier alpha value is -1.20. The summed E-state index contributed by atoms with van der Waals surface area (Å²) >= 11 is 0. The predicted molar refractivity (Wildman–Crippen MR) is 62.1 cm³/mol. The van der Waals surface area contributed by atoms with Crippen LogP contribution in [0.5, 0.6) is 0 Å². The van der Waals surface area contributed by atoms with Crippen molar-refractivity contribution in [1.82, 2.24) is 0 Å². The van der Waals surface area contributed by atoms with Crippen LogP contribution in [-0.2, 0) is 11.2 Å². The summed E-state index contributed by atoms with van der Waals surface area (Å²) in [5.41, 5.74) is 6.02. The molecule has 1 aliphatic rings. The fourth-order valence-electron chi connectivity index (χ4n) is 2.02. The summed E-state index contributed by atoms with van der Waals surface area (Å²) in [7, 11) is 0. The lowest BCUT2D eigenvalue weighted by Crippen LogP contribution is -2.37. The number of rotatable bonds is 3. The molecule has 1 aromatic rings. The monoisotopic (exact) mass is 242 g/mol. The van der Waals surface area contributed by atoms with Gasteiger partial charge in [-0.2, -0.15) is 0 Å². The number of hydrogen-bond donors (Lipinski definition) is 1. The maximum atomic E-state index is 13.9. The maximum absolute atomic E-state index is 13.9. The van der Waals surface area contributed by atoms with E-state index in [1.165, 1.54) is 12.1 Å². The third kappa shape index (κ3) is 2.73. The summed E-state index contributed by atoms with van der Waals surface area (Å²) in [6.45, 7) is 2.43. The Labute approximate surface area is 99.2 Å². The minimum Gasteiger partial charge on any atom is -0.378 e. The summed E-state index contributed by atoms with van der Waals surface area (Å²) in [5.74, 6) is -1.04. The molecule has 1 fully saturated rings. The molecular weight excluding hydrogens is 226 g/mol. The Bertz CT molecular complexity index is 369. The highest BCUT2D eigenvalue weighted by Gasteiger charge is 2.19. The molecule has 0 unspecified atom stereocenters. The number of benzene rings is 1. The van der Waals surface area contributed by atoms with E-state index in [0.29, 0.717) is 44.8 Å². The first-order valence-electron chi connectivity index (χ1n) is 5.73. The molecule has 0 aromatic heterocycles. The van der Waals surface area contributed by atoms with Crippen molar-refractivity contribution >= 4 is 5.69 Å². The number of nitrogens with zero attached hydrogens (tertiary/aromatic N) is 1. The Balaban J connectivity index is 2.27. The Morgan fingerprint density at radius 2 is 1.76 bits per heavy atom. The zero-order valence-corrected chi connectivity index (χ0v) is 9.59. The van der Waals surface area contributed by atoms with Crippen LogP contribution in [-0.4, -0.2) is 32.8 Å². The third-order valence-corrected chi connectivity index (χ3v) is 2.84. The molecule has 94 valence electrons. The molecule has 1 saturated heterocycles. The Morgan fingerprint density at radius 3 is 2.29 bits per heavy atom. The van der Waals surface area contributed by atoms with Crippen molar-refractivity contribution in [3.8, 4) is 0 Å². The van der Waals surface area contributed by atoms with E-state index in [1.807, 2.05) is 0 Å². The van der Waals surface area contributed by atoms with Crippen LogP contribution in [0.15, 0.2) is 12.1 Å². The van der Waals surface area contributed by atoms with E-state index >= 15 is 0 Å². The average Bonchev–Trinajstić information content (AvgIpc) is 2.30. The zero-order valence-electron chi connectivity index (χ0n) is 9.59. The van der Waals surface area contributed by atoms with Crippen LogP contribution in [0.2, 0.25) is 0 Å². The first-order valence-corrected chi connectivity index (χ1v) is 5.73. The summed E-state index contributed by atoms with van der Waals surface area (Å²) in [5, 5.41) is 0. The van der Waals surface area contributed by atoms with Gasteiger partial charge in [0, 0.05) is 13.1 Å². The van der Waals surface area contributed by atoms with E-state index < -0.39 is 11.6 Å². The minimum absolute atomic E-state index is 0.0501. The van der Waals surface area contributed by atoms with Crippen molar-refractivity contribution in [2.45, 2.75) is 6.42 Å². The number of morpholine rings is 1. The van der Waals surface area contributed by atoms with Gasteiger partial charge in [-0.3, -0.25) is 0 Å². The van der Waals surface area contributed by atoms with Gasteiger partial charge in [-0.25, -0.2) is 8.78 Å². The van der Waals surface area contributed by atoms with Crippen LogP contribution in [0.25, 0.3) is 0 Å². The normalized spacial score (nSPS) is 16.3. The van der Waals surface area contributed by atoms with Crippen LogP contribution >= 0.6 is 0 Å². The molecule has 2 rings (SSSR count). The van der Waals surface area contributed by atoms with Gasteiger partial charge in [-0.05, 0) is 30.7 Å². The van der Waals surface area contributed by atoms with Gasteiger partial charge >= 0.3 is 0 Å². The predicted octanol–water partition coefficient (Wildman–Crippen LogP) is 1.30. The molecule has 17 heavy (non-hydrogen) atoms. The molecule has 0 saturated carbocycles. The number of ether oxygens (including phenoxy) is 1. The molecule has 2 N–H and O–H groups in total. The quantitative estimate of drug-likeness (QED) is 0.868. The number of nitrogens with two attached hydrogens (primary N) is 1. The average molecular weight is 242 g/mol. The second kappa shape index (κ2) is 5.42.